The summed E-state index contributed by atoms with van der Waals surface area (Å²) >= 11 is 0. The Morgan fingerprint density at radius 3 is 2.26 bits per heavy atom. The Bertz CT molecular complexity index is 346. The van der Waals surface area contributed by atoms with Crippen LogP contribution >= 0.6 is 0 Å². The Hall–Kier alpha value is -1.40. The van der Waals surface area contributed by atoms with Crippen molar-refractivity contribution in [1.29, 1.82) is 0 Å². The summed E-state index contributed by atoms with van der Waals surface area (Å²) in [7, 11) is 4.88. The first-order valence-corrected chi connectivity index (χ1v) is 6.40. The Morgan fingerprint density at radius 2 is 1.79 bits per heavy atom. The van der Waals surface area contributed by atoms with Gasteiger partial charge in [0.05, 0.1) is 26.4 Å². The van der Waals surface area contributed by atoms with Crippen molar-refractivity contribution in [2.75, 3.05) is 27.9 Å². The van der Waals surface area contributed by atoms with Gasteiger partial charge in [0, 0.05) is 19.7 Å². The molecule has 1 N–H and O–H groups in total. The molecule has 0 aliphatic heterocycles. The maximum Gasteiger partial charge on any atom is 0.224 e. The fourth-order valence-corrected chi connectivity index (χ4v) is 1.92. The molecule has 0 fully saturated rings. The summed E-state index contributed by atoms with van der Waals surface area (Å²) in [6, 6.07) is 0.296. The second-order valence-electron chi connectivity index (χ2n) is 4.19. The summed E-state index contributed by atoms with van der Waals surface area (Å²) in [5, 5.41) is 3.42. The third-order valence-corrected chi connectivity index (χ3v) is 2.83. The van der Waals surface area contributed by atoms with E-state index >= 15 is 0 Å². The maximum atomic E-state index is 5.24. The molecule has 0 aliphatic rings. The van der Waals surface area contributed by atoms with Gasteiger partial charge < -0.3 is 19.5 Å². The SMILES string of the molecule is CCCC(COC)NCc1c(OC)ncnc1OC. The molecule has 0 radical (unpaired) electrons. The summed E-state index contributed by atoms with van der Waals surface area (Å²) in [6.45, 7) is 3.41. The molecule has 0 amide bonds. The molecule has 0 aromatic carbocycles. The average Bonchev–Trinajstić information content (AvgIpc) is 2.44. The zero-order valence-corrected chi connectivity index (χ0v) is 12.1. The molecule has 1 aromatic heterocycles. The number of hydrogen-bond donors (Lipinski definition) is 1. The molecule has 1 heterocycles. The lowest BCUT2D eigenvalue weighted by molar-refractivity contribution is 0.161. The fraction of sp³-hybridized carbons (Fsp3) is 0.692. The van der Waals surface area contributed by atoms with Crippen molar-refractivity contribution in [3.63, 3.8) is 0 Å². The van der Waals surface area contributed by atoms with Gasteiger partial charge in [0.2, 0.25) is 11.8 Å². The number of aromatic nitrogens is 2. The molecule has 1 unspecified atom stereocenters. The fourth-order valence-electron chi connectivity index (χ4n) is 1.92. The van der Waals surface area contributed by atoms with Crippen LogP contribution in [0.4, 0.5) is 0 Å². The van der Waals surface area contributed by atoms with Crippen molar-refractivity contribution in [2.24, 2.45) is 0 Å². The largest absolute Gasteiger partial charge is 0.481 e. The van der Waals surface area contributed by atoms with Gasteiger partial charge in [-0.2, -0.15) is 0 Å². The monoisotopic (exact) mass is 269 g/mol. The normalized spacial score (nSPS) is 12.2. The van der Waals surface area contributed by atoms with Crippen LogP contribution in [0.3, 0.4) is 0 Å². The Kier molecular flexibility index (Phi) is 7.14. The van der Waals surface area contributed by atoms with Crippen LogP contribution in [0.2, 0.25) is 0 Å². The lowest BCUT2D eigenvalue weighted by atomic mass is 10.1. The van der Waals surface area contributed by atoms with Gasteiger partial charge in [-0.1, -0.05) is 13.3 Å². The second kappa shape index (κ2) is 8.66. The predicted molar refractivity (Wildman–Crippen MR) is 72.5 cm³/mol. The lowest BCUT2D eigenvalue weighted by Gasteiger charge is -2.18. The summed E-state index contributed by atoms with van der Waals surface area (Å²) in [5.74, 6) is 1.07. The first-order valence-electron chi connectivity index (χ1n) is 6.40. The molecule has 6 heteroatoms. The minimum Gasteiger partial charge on any atom is -0.481 e. The van der Waals surface area contributed by atoms with Crippen LogP contribution in [0.15, 0.2) is 6.33 Å². The molecule has 1 aromatic rings. The quantitative estimate of drug-likeness (QED) is 0.731. The van der Waals surface area contributed by atoms with Crippen LogP contribution < -0.4 is 14.8 Å². The van der Waals surface area contributed by atoms with Crippen LogP contribution in [-0.2, 0) is 11.3 Å². The predicted octanol–water partition coefficient (Wildman–Crippen LogP) is 1.40. The van der Waals surface area contributed by atoms with E-state index in [9.17, 15) is 0 Å². The number of ether oxygens (including phenoxy) is 3. The third kappa shape index (κ3) is 4.65. The van der Waals surface area contributed by atoms with Crippen LogP contribution in [0.1, 0.15) is 25.3 Å². The van der Waals surface area contributed by atoms with Gasteiger partial charge >= 0.3 is 0 Å². The average molecular weight is 269 g/mol. The lowest BCUT2D eigenvalue weighted by Crippen LogP contribution is -2.33. The van der Waals surface area contributed by atoms with Gasteiger partial charge in [-0.05, 0) is 6.42 Å². The van der Waals surface area contributed by atoms with Gasteiger partial charge in [-0.3, -0.25) is 0 Å². The highest BCUT2D eigenvalue weighted by Crippen LogP contribution is 2.23. The maximum absolute atomic E-state index is 5.24. The van der Waals surface area contributed by atoms with Crippen molar-refractivity contribution >= 4 is 0 Å². The molecule has 6 nitrogen and oxygen atoms in total. The van der Waals surface area contributed by atoms with E-state index in [2.05, 4.69) is 22.2 Å². The molecule has 0 spiro atoms. The molecule has 0 aliphatic carbocycles. The van der Waals surface area contributed by atoms with E-state index in [-0.39, 0.29) is 0 Å². The molecule has 1 rings (SSSR count). The van der Waals surface area contributed by atoms with E-state index in [1.54, 1.807) is 21.3 Å². The third-order valence-electron chi connectivity index (χ3n) is 2.83. The van der Waals surface area contributed by atoms with Crippen LogP contribution in [0, 0.1) is 0 Å². The van der Waals surface area contributed by atoms with Crippen molar-refractivity contribution in [3.05, 3.63) is 11.9 Å². The van der Waals surface area contributed by atoms with Crippen molar-refractivity contribution in [1.82, 2.24) is 15.3 Å². The number of hydrogen-bond acceptors (Lipinski definition) is 6. The minimum absolute atomic E-state index is 0.296. The highest BCUT2D eigenvalue weighted by molar-refractivity contribution is 5.34. The molecule has 1 atom stereocenters. The van der Waals surface area contributed by atoms with E-state index < -0.39 is 0 Å². The first kappa shape index (κ1) is 15.7. The van der Waals surface area contributed by atoms with Gasteiger partial charge in [0.1, 0.15) is 6.33 Å². The summed E-state index contributed by atoms with van der Waals surface area (Å²) < 4.78 is 15.7. The van der Waals surface area contributed by atoms with Crippen molar-refractivity contribution in [3.8, 4) is 11.8 Å². The Balaban J connectivity index is 2.74. The van der Waals surface area contributed by atoms with Gasteiger partial charge in [-0.25, -0.2) is 9.97 Å². The standard InChI is InChI=1S/C13H23N3O3/c1-5-6-10(8-17-2)14-7-11-12(18-3)15-9-16-13(11)19-4/h9-10,14H,5-8H2,1-4H3. The molecule has 19 heavy (non-hydrogen) atoms. The molecule has 0 saturated heterocycles. The molecular formula is C13H23N3O3. The highest BCUT2D eigenvalue weighted by atomic mass is 16.5. The first-order chi connectivity index (χ1) is 9.26. The zero-order chi connectivity index (χ0) is 14.1. The van der Waals surface area contributed by atoms with Crippen molar-refractivity contribution in [2.45, 2.75) is 32.4 Å². The van der Waals surface area contributed by atoms with E-state index in [1.165, 1.54) is 6.33 Å². The number of nitrogens with one attached hydrogen (secondary N) is 1. The summed E-state index contributed by atoms with van der Waals surface area (Å²) in [5.41, 5.74) is 0.824. The molecule has 108 valence electrons. The number of nitrogens with zero attached hydrogens (tertiary/aromatic N) is 2. The number of methoxy groups -OCH3 is 3. The van der Waals surface area contributed by atoms with Crippen LogP contribution in [0.25, 0.3) is 0 Å². The van der Waals surface area contributed by atoms with E-state index in [0.717, 1.165) is 18.4 Å². The van der Waals surface area contributed by atoms with E-state index in [4.69, 9.17) is 14.2 Å². The Labute approximate surface area is 114 Å². The van der Waals surface area contributed by atoms with Crippen LogP contribution in [-0.4, -0.2) is 43.9 Å². The van der Waals surface area contributed by atoms with Gasteiger partial charge in [-0.15, -0.1) is 0 Å². The van der Waals surface area contributed by atoms with Crippen molar-refractivity contribution < 1.29 is 14.2 Å². The topological polar surface area (TPSA) is 65.5 Å². The second-order valence-corrected chi connectivity index (χ2v) is 4.19. The van der Waals surface area contributed by atoms with Gasteiger partial charge in [0.25, 0.3) is 0 Å². The van der Waals surface area contributed by atoms with E-state index in [0.29, 0.717) is 31.0 Å². The minimum atomic E-state index is 0.296. The summed E-state index contributed by atoms with van der Waals surface area (Å²) in [4.78, 5) is 8.18. The highest BCUT2D eigenvalue weighted by Gasteiger charge is 2.15. The van der Waals surface area contributed by atoms with E-state index in [1.807, 2.05) is 0 Å². The smallest absolute Gasteiger partial charge is 0.224 e. The molecule has 0 saturated carbocycles. The number of rotatable bonds is 9. The Morgan fingerprint density at radius 1 is 1.16 bits per heavy atom. The molecular weight excluding hydrogens is 246 g/mol. The zero-order valence-electron chi connectivity index (χ0n) is 12.1. The molecule has 0 bridgehead atoms. The summed E-state index contributed by atoms with van der Waals surface area (Å²) in [6.07, 6.45) is 3.58. The van der Waals surface area contributed by atoms with Gasteiger partial charge in [0.15, 0.2) is 0 Å². The van der Waals surface area contributed by atoms with Crippen LogP contribution in [0.5, 0.6) is 11.8 Å².